The molecule has 6 radical (unpaired) electrons. The van der Waals surface area contributed by atoms with E-state index in [2.05, 4.69) is 163 Å². The minimum atomic E-state index is 0. The fourth-order valence-corrected chi connectivity index (χ4v) is 9.87. The Kier molecular flexibility index (Phi) is 90.1. The molecule has 0 N–H and O–H groups in total. The zero-order valence-corrected chi connectivity index (χ0v) is 88.5. The van der Waals surface area contributed by atoms with E-state index in [-0.39, 0.29) is 163 Å². The summed E-state index contributed by atoms with van der Waals surface area (Å²) in [5, 5.41) is 6.90. The molecule has 18 rings (SSSR count). The number of benzene rings is 9. The van der Waals surface area contributed by atoms with E-state index in [9.17, 15) is 0 Å². The molecule has 0 atom stereocenters. The topological polar surface area (TPSA) is 101 Å². The van der Waals surface area contributed by atoms with Crippen LogP contribution in [-0.2, 0) is 140 Å². The van der Waals surface area contributed by atoms with Crippen molar-refractivity contribution in [3.8, 4) is 0 Å². The Morgan fingerprint density at radius 2 is 0.363 bits per heavy atom. The Hall–Kier alpha value is -8.69. The van der Waals surface area contributed by atoms with Gasteiger partial charge in [0.2, 0.25) is 0 Å². The standard InChI is InChI=1S/3C14H12N2.C7H11N.C6H9N.6C6H6.C5H6N.4C2H6.5CH3.5V.Y/c3*1-9-3-5-11-7-8-12-6-4-10(2)16-14(12)13(11)15-9;1-6-4-5-7(2)8(6)3;1-6-4-3-5-7(6)2;6*1-2-4-6-5-3-1;1-5-3-2-4-6-5;4*1-2;;;;;;;;;;;/h3*3-8H,1-2H3;4-5H,1-3H3;3-5H,1-2H3;6*1-6H;2-4H,1H3;4*1-2H3;5*1H3;;;;;;/q;;;;;;;;;;;-1;;;;;5*-1;;;;;;. The van der Waals surface area contributed by atoms with Crippen LogP contribution in [0.25, 0.3) is 65.4 Å². The van der Waals surface area contributed by atoms with Crippen molar-refractivity contribution in [3.05, 3.63) is 470 Å². The van der Waals surface area contributed by atoms with Crippen LogP contribution >= 0.6 is 0 Å². The van der Waals surface area contributed by atoms with Crippen LogP contribution in [0.3, 0.4) is 0 Å². The van der Waals surface area contributed by atoms with Gasteiger partial charge in [0, 0.05) is 229 Å². The molecule has 18 aromatic rings. The molecule has 652 valence electrons. The number of aryl methyl sites for hydroxylation is 11. The van der Waals surface area contributed by atoms with Gasteiger partial charge in [-0.15, -0.1) is 0 Å². The zero-order chi connectivity index (χ0) is 82.6. The molecule has 9 aromatic heterocycles. The first-order valence-electron chi connectivity index (χ1n) is 39.3. The second-order valence-electron chi connectivity index (χ2n) is 24.5. The van der Waals surface area contributed by atoms with Crippen LogP contribution in [0, 0.1) is 106 Å². The van der Waals surface area contributed by atoms with Gasteiger partial charge in [-0.2, -0.15) is 11.9 Å². The molecule has 0 fully saturated rings. The van der Waals surface area contributed by atoms with Crippen molar-refractivity contribution in [1.29, 1.82) is 0 Å². The summed E-state index contributed by atoms with van der Waals surface area (Å²) in [6.07, 6.45) is 3.82. The molecule has 0 spiro atoms. The summed E-state index contributed by atoms with van der Waals surface area (Å²) in [5.74, 6) is 0. The quantitative estimate of drug-likeness (QED) is 0.110. The van der Waals surface area contributed by atoms with E-state index in [0.29, 0.717) is 0 Å². The maximum Gasteiger partial charge on any atom is 0.0967 e. The first-order valence-corrected chi connectivity index (χ1v) is 39.3. The van der Waals surface area contributed by atoms with Crippen LogP contribution in [0.1, 0.15) is 112 Å². The fraction of sp³-hybridized carbons (Fsp3) is 0.183. The molecule has 0 amide bonds. The predicted octanol–water partition coefficient (Wildman–Crippen LogP) is 30.6. The summed E-state index contributed by atoms with van der Waals surface area (Å²) < 4.78 is 4.25. The Bertz CT molecular complexity index is 4440. The van der Waals surface area contributed by atoms with Crippen LogP contribution in [0.2, 0.25) is 0 Å². The van der Waals surface area contributed by atoms with Gasteiger partial charge in [-0.25, -0.2) is 0 Å². The first-order chi connectivity index (χ1) is 55.1. The van der Waals surface area contributed by atoms with Gasteiger partial charge < -0.3 is 51.3 Å². The largest absolute Gasteiger partial charge is 0.668 e. The molecule has 0 bridgehead atoms. The van der Waals surface area contributed by atoms with Gasteiger partial charge in [0.1, 0.15) is 0 Å². The summed E-state index contributed by atoms with van der Waals surface area (Å²) in [7, 11) is 4.11. The van der Waals surface area contributed by atoms with Gasteiger partial charge in [-0.1, -0.05) is 366 Å². The SMILES string of the molecule is CC.CC.CC.CC.Cc1ccc(C)n1C.Cc1ccc2ccc3ccc(C)nc3c2n1.Cc1ccc2ccc3ccc(C)nc3c2n1.Cc1ccc2ccc3ccc(C)nc3c2n1.Cc1ccc[n-]1.Cc1cccn1C.[CH3-].[CH3-].[CH3-].[CH3-].[CH3-].[V].[V].[V].[V].[V].[Y].c1ccccc1.c1ccccc1.c1ccccc1.c1ccccc1.c1ccccc1.c1ccccc1. The molecule has 0 saturated heterocycles. The van der Waals surface area contributed by atoms with Crippen LogP contribution in [0.4, 0.5) is 0 Å². The monoisotopic (exact) mass is 1920 g/mol. The molecule has 0 saturated carbocycles. The van der Waals surface area contributed by atoms with Crippen molar-refractivity contribution in [2.24, 2.45) is 14.1 Å². The number of hydrogen-bond acceptors (Lipinski definition) is 6. The Morgan fingerprint density at radius 3 is 0.452 bits per heavy atom. The van der Waals surface area contributed by atoms with Crippen molar-refractivity contribution in [3.63, 3.8) is 0 Å². The third-order valence-corrected chi connectivity index (χ3v) is 15.9. The molecule has 0 aliphatic rings. The molecule has 0 aliphatic heterocycles. The van der Waals surface area contributed by atoms with E-state index >= 15 is 0 Å². The van der Waals surface area contributed by atoms with Crippen LogP contribution in [0.15, 0.2) is 376 Å². The third-order valence-electron chi connectivity index (χ3n) is 15.9. The van der Waals surface area contributed by atoms with E-state index in [1.807, 2.05) is 390 Å². The van der Waals surface area contributed by atoms with E-state index in [0.717, 1.165) is 105 Å². The third kappa shape index (κ3) is 54.2. The van der Waals surface area contributed by atoms with E-state index in [1.165, 1.54) is 17.1 Å². The summed E-state index contributed by atoms with van der Waals surface area (Å²) >= 11 is 0. The normalized spacial score (nSPS) is 8.42. The van der Waals surface area contributed by atoms with Crippen molar-refractivity contribution >= 4 is 65.4 Å². The summed E-state index contributed by atoms with van der Waals surface area (Å²) in [4.78, 5) is 31.4. The number of rotatable bonds is 0. The van der Waals surface area contributed by atoms with Gasteiger partial charge in [0.25, 0.3) is 0 Å². The van der Waals surface area contributed by atoms with Gasteiger partial charge >= 0.3 is 0 Å². The minimum Gasteiger partial charge on any atom is -0.668 e. The van der Waals surface area contributed by atoms with E-state index in [4.69, 9.17) is 0 Å². The van der Waals surface area contributed by atoms with Crippen molar-refractivity contribution in [2.75, 3.05) is 0 Å². The zero-order valence-electron chi connectivity index (χ0n) is 78.6. The Labute approximate surface area is 835 Å². The van der Waals surface area contributed by atoms with Crippen molar-refractivity contribution in [2.45, 2.75) is 125 Å². The van der Waals surface area contributed by atoms with Crippen molar-refractivity contribution in [1.82, 2.24) is 44.0 Å². The van der Waals surface area contributed by atoms with Crippen LogP contribution < -0.4 is 4.98 Å². The average Bonchev–Trinajstić information content (AvgIpc) is 0.889. The van der Waals surface area contributed by atoms with E-state index < -0.39 is 0 Å². The molecule has 9 aromatic carbocycles. The number of nitrogens with zero attached hydrogens (tertiary/aromatic N) is 9. The second-order valence-corrected chi connectivity index (χ2v) is 24.5. The summed E-state index contributed by atoms with van der Waals surface area (Å²) in [6.45, 7) is 36.3. The minimum absolute atomic E-state index is 0. The predicted molar refractivity (Wildman–Crippen MR) is 525 cm³/mol. The molecular formula is C109H137N9V5Y-6. The maximum atomic E-state index is 4.58. The first kappa shape index (κ1) is 133. The fourth-order valence-electron chi connectivity index (χ4n) is 9.87. The second kappa shape index (κ2) is 83.8. The molecule has 0 unspecified atom stereocenters. The number of fused-ring (bicyclic) bond motifs is 9. The van der Waals surface area contributed by atoms with Gasteiger partial charge in [-0.3, -0.25) is 29.9 Å². The molecule has 124 heavy (non-hydrogen) atoms. The number of aromatic nitrogens is 9. The Balaban J connectivity index is -0.000000167. The summed E-state index contributed by atoms with van der Waals surface area (Å²) in [6, 6.07) is 122. The van der Waals surface area contributed by atoms with Crippen LogP contribution in [-0.4, -0.2) is 39.0 Å². The average molecular weight is 1920 g/mol. The molecule has 9 heterocycles. The van der Waals surface area contributed by atoms with Gasteiger partial charge in [0.15, 0.2) is 0 Å². The summed E-state index contributed by atoms with van der Waals surface area (Å²) in [5.41, 5.74) is 17.2. The maximum absolute atomic E-state index is 4.58. The molecule has 15 heteroatoms. The van der Waals surface area contributed by atoms with Crippen LogP contribution in [0.5, 0.6) is 0 Å². The number of hydrogen-bond donors (Lipinski definition) is 0. The smallest absolute Gasteiger partial charge is 0.0967 e. The van der Waals surface area contributed by atoms with Crippen molar-refractivity contribution < 1.29 is 125 Å². The molecule has 9 nitrogen and oxygen atoms in total. The number of pyridine rings is 6. The van der Waals surface area contributed by atoms with Gasteiger partial charge in [0.05, 0.1) is 33.1 Å². The molecular weight excluding hydrogens is 1780 g/mol. The Morgan fingerprint density at radius 1 is 0.202 bits per heavy atom. The van der Waals surface area contributed by atoms with E-state index in [1.54, 1.807) is 6.20 Å². The van der Waals surface area contributed by atoms with Gasteiger partial charge in [-0.05, 0) is 123 Å². The molecule has 0 aliphatic carbocycles.